The normalized spacial score (nSPS) is 17.4. The quantitative estimate of drug-likeness (QED) is 0.546. The van der Waals surface area contributed by atoms with Gasteiger partial charge in [-0.15, -0.1) is 0 Å². The molecule has 3 aromatic rings. The number of fused-ring (bicyclic) bond motifs is 1. The second-order valence-corrected chi connectivity index (χ2v) is 6.64. The van der Waals surface area contributed by atoms with Crippen LogP contribution in [0.1, 0.15) is 5.56 Å². The number of carbonyl (C=O) groups is 1. The van der Waals surface area contributed by atoms with Crippen LogP contribution in [-0.4, -0.2) is 21.0 Å². The van der Waals surface area contributed by atoms with Gasteiger partial charge in [0, 0.05) is 17.8 Å². The van der Waals surface area contributed by atoms with Crippen molar-refractivity contribution in [1.29, 1.82) is 0 Å². The number of pyridine rings is 2. The Balaban J connectivity index is 1.63. The highest BCUT2D eigenvalue weighted by atomic mass is 35.5. The Morgan fingerprint density at radius 3 is 2.84 bits per heavy atom. The molecule has 1 aliphatic rings. The summed E-state index contributed by atoms with van der Waals surface area (Å²) in [6.07, 6.45) is 5.18. The number of amides is 1. The number of aromatic nitrogens is 2. The largest absolute Gasteiger partial charge is 0.300 e. The summed E-state index contributed by atoms with van der Waals surface area (Å²) in [5, 5.41) is 4.54. The molecule has 4 rings (SSSR count). The van der Waals surface area contributed by atoms with Gasteiger partial charge in [0.25, 0.3) is 5.91 Å². The fourth-order valence-electron chi connectivity index (χ4n) is 2.39. The minimum Gasteiger partial charge on any atom is -0.300 e. The lowest BCUT2D eigenvalue weighted by Crippen LogP contribution is -2.19. The van der Waals surface area contributed by atoms with Gasteiger partial charge in [-0.05, 0) is 53.7 Å². The van der Waals surface area contributed by atoms with Gasteiger partial charge >= 0.3 is 0 Å². The lowest BCUT2D eigenvalue weighted by atomic mass is 10.1. The van der Waals surface area contributed by atoms with Crippen molar-refractivity contribution < 1.29 is 4.79 Å². The molecular formula is C18H11ClN4OS. The van der Waals surface area contributed by atoms with Gasteiger partial charge in [-0.1, -0.05) is 23.7 Å². The predicted molar refractivity (Wildman–Crippen MR) is 102 cm³/mol. The molecule has 3 heterocycles. The van der Waals surface area contributed by atoms with Crippen LogP contribution in [0.3, 0.4) is 0 Å². The number of thioether (sulfide) groups is 1. The molecule has 0 unspecified atom stereocenters. The van der Waals surface area contributed by atoms with Gasteiger partial charge in [-0.25, -0.2) is 9.98 Å². The van der Waals surface area contributed by atoms with Gasteiger partial charge < -0.3 is 5.32 Å². The molecule has 0 aliphatic carbocycles. The fraction of sp³-hybridized carbons (Fsp3) is 0. The average Bonchev–Trinajstić information content (AvgIpc) is 2.96. The molecule has 1 fully saturated rings. The lowest BCUT2D eigenvalue weighted by molar-refractivity contribution is -0.115. The van der Waals surface area contributed by atoms with Crippen molar-refractivity contribution >= 4 is 57.1 Å². The van der Waals surface area contributed by atoms with E-state index < -0.39 is 0 Å². The number of nitrogens with one attached hydrogen (secondary N) is 1. The zero-order chi connectivity index (χ0) is 17.2. The Labute approximate surface area is 152 Å². The summed E-state index contributed by atoms with van der Waals surface area (Å²) in [6, 6.07) is 13.2. The molecule has 5 nitrogen and oxygen atoms in total. The number of rotatable bonds is 2. The van der Waals surface area contributed by atoms with E-state index in [9.17, 15) is 4.79 Å². The van der Waals surface area contributed by atoms with Crippen LogP contribution in [0.5, 0.6) is 0 Å². The van der Waals surface area contributed by atoms with E-state index >= 15 is 0 Å². The third kappa shape index (κ3) is 3.40. The van der Waals surface area contributed by atoms with Crippen molar-refractivity contribution in [1.82, 2.24) is 15.3 Å². The monoisotopic (exact) mass is 366 g/mol. The maximum absolute atomic E-state index is 12.2. The molecular weight excluding hydrogens is 356 g/mol. The molecule has 1 N–H and O–H groups in total. The summed E-state index contributed by atoms with van der Waals surface area (Å²) in [6.45, 7) is 0. The standard InChI is InChI=1S/C18H11ClN4OS/c19-16-14(4-2-8-21-16)22-18-23-17(24)15(25-18)10-11-5-6-13-12(9-11)3-1-7-20-13/h1-10H,(H,22,23,24). The van der Waals surface area contributed by atoms with E-state index in [0.29, 0.717) is 20.9 Å². The molecule has 1 aromatic carbocycles. The topological polar surface area (TPSA) is 67.2 Å². The highest BCUT2D eigenvalue weighted by Crippen LogP contribution is 2.30. The van der Waals surface area contributed by atoms with Gasteiger partial charge in [0.2, 0.25) is 0 Å². The number of amidine groups is 1. The molecule has 0 spiro atoms. The number of hydrogen-bond donors (Lipinski definition) is 1. The molecule has 1 saturated heterocycles. The summed E-state index contributed by atoms with van der Waals surface area (Å²) in [5.41, 5.74) is 2.37. The molecule has 2 aromatic heterocycles. The number of benzene rings is 1. The molecule has 7 heteroatoms. The van der Waals surface area contributed by atoms with Crippen LogP contribution in [0.2, 0.25) is 5.15 Å². The Kier molecular flexibility index (Phi) is 4.21. The minimum atomic E-state index is -0.185. The second-order valence-electron chi connectivity index (χ2n) is 5.25. The van der Waals surface area contributed by atoms with Crippen LogP contribution >= 0.6 is 23.4 Å². The van der Waals surface area contributed by atoms with E-state index in [4.69, 9.17) is 11.6 Å². The summed E-state index contributed by atoms with van der Waals surface area (Å²) in [4.78, 5) is 25.4. The van der Waals surface area contributed by atoms with E-state index in [1.165, 1.54) is 11.8 Å². The van der Waals surface area contributed by atoms with Crippen LogP contribution in [0.15, 0.2) is 64.8 Å². The Morgan fingerprint density at radius 2 is 1.96 bits per heavy atom. The smallest absolute Gasteiger partial charge is 0.264 e. The van der Waals surface area contributed by atoms with Crippen molar-refractivity contribution in [3.05, 3.63) is 70.5 Å². The molecule has 0 radical (unpaired) electrons. The van der Waals surface area contributed by atoms with E-state index in [1.54, 1.807) is 24.5 Å². The molecule has 0 bridgehead atoms. The molecule has 122 valence electrons. The first-order valence-corrected chi connectivity index (χ1v) is 8.63. The third-order valence-electron chi connectivity index (χ3n) is 3.54. The molecule has 1 aliphatic heterocycles. The van der Waals surface area contributed by atoms with Gasteiger partial charge in [-0.3, -0.25) is 9.78 Å². The predicted octanol–water partition coefficient (Wildman–Crippen LogP) is 4.17. The Morgan fingerprint density at radius 1 is 1.12 bits per heavy atom. The van der Waals surface area contributed by atoms with Crippen molar-refractivity contribution in [3.63, 3.8) is 0 Å². The van der Waals surface area contributed by atoms with Crippen LogP contribution in [0.4, 0.5) is 5.69 Å². The number of hydrogen-bond acceptors (Lipinski definition) is 5. The minimum absolute atomic E-state index is 0.185. The van der Waals surface area contributed by atoms with Crippen LogP contribution < -0.4 is 5.32 Å². The lowest BCUT2D eigenvalue weighted by Gasteiger charge is -1.99. The molecule has 0 atom stereocenters. The number of aliphatic imine (C=N–C) groups is 1. The zero-order valence-corrected chi connectivity index (χ0v) is 14.4. The van der Waals surface area contributed by atoms with Crippen LogP contribution in [0, 0.1) is 0 Å². The SMILES string of the molecule is O=C1NC(=Nc2cccnc2Cl)SC1=Cc1ccc2ncccc2c1. The van der Waals surface area contributed by atoms with Crippen LogP contribution in [-0.2, 0) is 4.79 Å². The Bertz CT molecular complexity index is 1050. The maximum atomic E-state index is 12.2. The zero-order valence-electron chi connectivity index (χ0n) is 12.8. The van der Waals surface area contributed by atoms with E-state index in [1.807, 2.05) is 36.4 Å². The summed E-state index contributed by atoms with van der Waals surface area (Å²) < 4.78 is 0. The van der Waals surface area contributed by atoms with Crippen molar-refractivity contribution in [2.24, 2.45) is 4.99 Å². The fourth-order valence-corrected chi connectivity index (χ4v) is 3.38. The average molecular weight is 367 g/mol. The van der Waals surface area contributed by atoms with E-state index in [2.05, 4.69) is 20.3 Å². The summed E-state index contributed by atoms with van der Waals surface area (Å²) >= 11 is 7.27. The molecule has 1 amide bonds. The molecule has 25 heavy (non-hydrogen) atoms. The van der Waals surface area contributed by atoms with Gasteiger partial charge in [-0.2, -0.15) is 0 Å². The number of carbonyl (C=O) groups excluding carboxylic acids is 1. The first kappa shape index (κ1) is 15.8. The van der Waals surface area contributed by atoms with Crippen LogP contribution in [0.25, 0.3) is 17.0 Å². The molecule has 0 saturated carbocycles. The van der Waals surface area contributed by atoms with Crippen molar-refractivity contribution in [2.75, 3.05) is 0 Å². The van der Waals surface area contributed by atoms with Crippen molar-refractivity contribution in [3.8, 4) is 0 Å². The summed E-state index contributed by atoms with van der Waals surface area (Å²) in [5.74, 6) is -0.185. The third-order valence-corrected chi connectivity index (χ3v) is 4.74. The number of halogens is 1. The second kappa shape index (κ2) is 6.66. The van der Waals surface area contributed by atoms with E-state index in [-0.39, 0.29) is 5.91 Å². The Hall–Kier alpha value is -2.70. The van der Waals surface area contributed by atoms with E-state index in [0.717, 1.165) is 16.5 Å². The van der Waals surface area contributed by atoms with Gasteiger partial charge in [0.15, 0.2) is 10.3 Å². The highest BCUT2D eigenvalue weighted by Gasteiger charge is 2.24. The summed E-state index contributed by atoms with van der Waals surface area (Å²) in [7, 11) is 0. The first-order chi connectivity index (χ1) is 12.2. The van der Waals surface area contributed by atoms with Crippen molar-refractivity contribution in [2.45, 2.75) is 0 Å². The number of nitrogens with zero attached hydrogens (tertiary/aromatic N) is 3. The maximum Gasteiger partial charge on any atom is 0.264 e. The highest BCUT2D eigenvalue weighted by molar-refractivity contribution is 8.18. The van der Waals surface area contributed by atoms with Gasteiger partial charge in [0.1, 0.15) is 5.69 Å². The van der Waals surface area contributed by atoms with Gasteiger partial charge in [0.05, 0.1) is 10.4 Å². The first-order valence-electron chi connectivity index (χ1n) is 7.44.